The Morgan fingerprint density at radius 3 is 2.30 bits per heavy atom. The first-order valence-electron chi connectivity index (χ1n) is 9.99. The van der Waals surface area contributed by atoms with Gasteiger partial charge in [-0.15, -0.1) is 0 Å². The number of amides is 2. The Balaban J connectivity index is 1.58. The Labute approximate surface area is 198 Å². The Kier molecular flexibility index (Phi) is 6.76. The molecular formula is C24H19ClN4O3S. The average molecular weight is 479 g/mol. The van der Waals surface area contributed by atoms with Gasteiger partial charge in [-0.25, -0.2) is 4.98 Å². The Morgan fingerprint density at radius 1 is 0.970 bits per heavy atom. The van der Waals surface area contributed by atoms with Crippen LogP contribution in [0.25, 0.3) is 16.6 Å². The summed E-state index contributed by atoms with van der Waals surface area (Å²) >= 11 is 7.25. The normalized spacial score (nSPS) is 10.7. The van der Waals surface area contributed by atoms with Crippen molar-refractivity contribution in [1.82, 2.24) is 9.55 Å². The molecule has 0 saturated heterocycles. The summed E-state index contributed by atoms with van der Waals surface area (Å²) in [5.74, 6) is -0.386. The molecule has 9 heteroatoms. The molecule has 0 bridgehead atoms. The van der Waals surface area contributed by atoms with Gasteiger partial charge in [-0.05, 0) is 54.6 Å². The maximum absolute atomic E-state index is 13.2. The summed E-state index contributed by atoms with van der Waals surface area (Å²) in [7, 11) is 0. The predicted molar refractivity (Wildman–Crippen MR) is 132 cm³/mol. The van der Waals surface area contributed by atoms with Crippen LogP contribution >= 0.6 is 23.4 Å². The van der Waals surface area contributed by atoms with Crippen molar-refractivity contribution in [1.29, 1.82) is 0 Å². The first-order chi connectivity index (χ1) is 15.9. The van der Waals surface area contributed by atoms with Crippen LogP contribution in [0.15, 0.2) is 82.7 Å². The number of rotatable bonds is 6. The molecule has 4 rings (SSSR count). The maximum atomic E-state index is 13.2. The van der Waals surface area contributed by atoms with Crippen LogP contribution in [0, 0.1) is 0 Å². The van der Waals surface area contributed by atoms with Crippen molar-refractivity contribution in [3.63, 3.8) is 0 Å². The van der Waals surface area contributed by atoms with Crippen molar-refractivity contribution in [2.24, 2.45) is 0 Å². The van der Waals surface area contributed by atoms with E-state index in [1.807, 2.05) is 30.3 Å². The van der Waals surface area contributed by atoms with E-state index in [1.165, 1.54) is 11.5 Å². The third-order valence-corrected chi connectivity index (χ3v) is 5.81. The molecule has 0 spiro atoms. The quantitative estimate of drug-likeness (QED) is 0.309. The topological polar surface area (TPSA) is 93.1 Å². The first-order valence-corrected chi connectivity index (χ1v) is 11.3. The molecule has 0 radical (unpaired) electrons. The molecule has 0 aliphatic rings. The van der Waals surface area contributed by atoms with Crippen molar-refractivity contribution >= 4 is 57.5 Å². The zero-order valence-corrected chi connectivity index (χ0v) is 19.1. The SMILES string of the molecule is CC(=O)Nc1ccc(NC(=O)CSc2nc3cc(Cl)ccc3c(=O)n2-c2ccccc2)cc1. The van der Waals surface area contributed by atoms with Gasteiger partial charge in [-0.2, -0.15) is 0 Å². The molecule has 1 aromatic heterocycles. The van der Waals surface area contributed by atoms with Gasteiger partial charge in [-0.3, -0.25) is 19.0 Å². The van der Waals surface area contributed by atoms with Crippen molar-refractivity contribution < 1.29 is 9.59 Å². The van der Waals surface area contributed by atoms with E-state index in [4.69, 9.17) is 11.6 Å². The van der Waals surface area contributed by atoms with E-state index in [1.54, 1.807) is 42.5 Å². The second-order valence-corrected chi connectivity index (χ2v) is 8.51. The number of anilines is 2. The van der Waals surface area contributed by atoms with E-state index in [0.717, 1.165) is 11.8 Å². The average Bonchev–Trinajstić information content (AvgIpc) is 2.79. The van der Waals surface area contributed by atoms with Crippen LogP contribution in [0.4, 0.5) is 11.4 Å². The van der Waals surface area contributed by atoms with E-state index in [-0.39, 0.29) is 23.1 Å². The lowest BCUT2D eigenvalue weighted by Crippen LogP contribution is -2.23. The number of hydrogen-bond donors (Lipinski definition) is 2. The molecule has 2 amide bonds. The fourth-order valence-corrected chi connectivity index (χ4v) is 4.19. The van der Waals surface area contributed by atoms with Crippen LogP contribution in [0.5, 0.6) is 0 Å². The highest BCUT2D eigenvalue weighted by Crippen LogP contribution is 2.23. The minimum absolute atomic E-state index is 0.0405. The third-order valence-electron chi connectivity index (χ3n) is 4.64. The summed E-state index contributed by atoms with van der Waals surface area (Å²) in [4.78, 5) is 41.5. The van der Waals surface area contributed by atoms with Crippen LogP contribution in [-0.4, -0.2) is 27.1 Å². The monoisotopic (exact) mass is 478 g/mol. The number of hydrogen-bond acceptors (Lipinski definition) is 5. The van der Waals surface area contributed by atoms with E-state index in [0.29, 0.717) is 38.1 Å². The number of aromatic nitrogens is 2. The van der Waals surface area contributed by atoms with Gasteiger partial charge in [0, 0.05) is 23.3 Å². The first kappa shape index (κ1) is 22.6. The summed E-state index contributed by atoms with van der Waals surface area (Å²) < 4.78 is 1.50. The number of nitrogens with zero attached hydrogens (tertiary/aromatic N) is 2. The number of halogens is 1. The van der Waals surface area contributed by atoms with Gasteiger partial charge in [0.2, 0.25) is 11.8 Å². The van der Waals surface area contributed by atoms with Crippen LogP contribution in [-0.2, 0) is 9.59 Å². The number of carbonyl (C=O) groups excluding carboxylic acids is 2. The zero-order chi connectivity index (χ0) is 23.4. The van der Waals surface area contributed by atoms with Crippen molar-refractivity contribution in [2.45, 2.75) is 12.1 Å². The number of thioether (sulfide) groups is 1. The Bertz CT molecular complexity index is 1390. The molecule has 0 atom stereocenters. The highest BCUT2D eigenvalue weighted by Gasteiger charge is 2.15. The maximum Gasteiger partial charge on any atom is 0.266 e. The fraction of sp³-hybridized carbons (Fsp3) is 0.0833. The largest absolute Gasteiger partial charge is 0.326 e. The summed E-state index contributed by atoms with van der Waals surface area (Å²) in [6.45, 7) is 1.43. The van der Waals surface area contributed by atoms with Crippen molar-refractivity contribution in [3.05, 3.63) is 88.2 Å². The second kappa shape index (κ2) is 9.89. The molecule has 0 unspecified atom stereocenters. The van der Waals surface area contributed by atoms with Gasteiger partial charge < -0.3 is 10.6 Å². The standard InChI is InChI=1S/C24H19ClN4O3S/c1-15(30)26-17-8-10-18(11-9-17)27-22(31)14-33-24-28-21-13-16(25)7-12-20(21)23(32)29(24)19-5-3-2-4-6-19/h2-13H,14H2,1H3,(H,26,30)(H,27,31). The zero-order valence-electron chi connectivity index (χ0n) is 17.5. The minimum Gasteiger partial charge on any atom is -0.326 e. The summed E-state index contributed by atoms with van der Waals surface area (Å²) in [5.41, 5.74) is 2.12. The van der Waals surface area contributed by atoms with Gasteiger partial charge in [0.05, 0.1) is 22.3 Å². The molecule has 4 aromatic rings. The van der Waals surface area contributed by atoms with Crippen molar-refractivity contribution in [2.75, 3.05) is 16.4 Å². The van der Waals surface area contributed by atoms with E-state index < -0.39 is 0 Å². The van der Waals surface area contributed by atoms with Crippen molar-refractivity contribution in [3.8, 4) is 5.69 Å². The van der Waals surface area contributed by atoms with Gasteiger partial charge >= 0.3 is 0 Å². The molecule has 1 heterocycles. The predicted octanol–water partition coefficient (Wildman–Crippen LogP) is 4.73. The highest BCUT2D eigenvalue weighted by molar-refractivity contribution is 7.99. The van der Waals surface area contributed by atoms with Crippen LogP contribution in [0.2, 0.25) is 5.02 Å². The Hall–Kier alpha value is -3.62. The van der Waals surface area contributed by atoms with Crippen LogP contribution in [0.1, 0.15) is 6.92 Å². The third kappa shape index (κ3) is 5.42. The molecule has 2 N–H and O–H groups in total. The number of nitrogens with one attached hydrogen (secondary N) is 2. The lowest BCUT2D eigenvalue weighted by molar-refractivity contribution is -0.114. The number of benzene rings is 3. The molecule has 0 fully saturated rings. The highest BCUT2D eigenvalue weighted by atomic mass is 35.5. The Morgan fingerprint density at radius 2 is 1.64 bits per heavy atom. The molecule has 0 aliphatic carbocycles. The van der Waals surface area contributed by atoms with Gasteiger partial charge in [-0.1, -0.05) is 41.6 Å². The fourth-order valence-electron chi connectivity index (χ4n) is 3.21. The molecule has 0 saturated carbocycles. The summed E-state index contributed by atoms with van der Waals surface area (Å²) in [6, 6.07) is 20.9. The van der Waals surface area contributed by atoms with Gasteiger partial charge in [0.15, 0.2) is 5.16 Å². The van der Waals surface area contributed by atoms with Gasteiger partial charge in [0.1, 0.15) is 0 Å². The van der Waals surface area contributed by atoms with E-state index in [2.05, 4.69) is 15.6 Å². The van der Waals surface area contributed by atoms with Crippen LogP contribution < -0.4 is 16.2 Å². The minimum atomic E-state index is -0.257. The van der Waals surface area contributed by atoms with Crippen LogP contribution in [0.3, 0.4) is 0 Å². The summed E-state index contributed by atoms with van der Waals surface area (Å²) in [6.07, 6.45) is 0. The molecule has 7 nitrogen and oxygen atoms in total. The molecule has 166 valence electrons. The second-order valence-electron chi connectivity index (χ2n) is 7.13. The van der Waals surface area contributed by atoms with E-state index >= 15 is 0 Å². The molecule has 33 heavy (non-hydrogen) atoms. The van der Waals surface area contributed by atoms with E-state index in [9.17, 15) is 14.4 Å². The molecular weight excluding hydrogens is 460 g/mol. The number of carbonyl (C=O) groups is 2. The lowest BCUT2D eigenvalue weighted by atomic mass is 10.2. The molecule has 3 aromatic carbocycles. The number of fused-ring (bicyclic) bond motifs is 1. The smallest absolute Gasteiger partial charge is 0.266 e. The summed E-state index contributed by atoms with van der Waals surface area (Å²) in [5, 5.41) is 6.78. The molecule has 0 aliphatic heterocycles. The van der Waals surface area contributed by atoms with Gasteiger partial charge in [0.25, 0.3) is 5.56 Å². The number of para-hydroxylation sites is 1. The lowest BCUT2D eigenvalue weighted by Gasteiger charge is -2.13.